The number of tetrazole rings is 1. The molecule has 0 aliphatic carbocycles. The minimum Gasteiger partial charge on any atom is -0.493 e. The predicted molar refractivity (Wildman–Crippen MR) is 77.3 cm³/mol. The van der Waals surface area contributed by atoms with Crippen molar-refractivity contribution in [2.24, 2.45) is 5.73 Å². The number of rotatable bonds is 7. The van der Waals surface area contributed by atoms with E-state index in [4.69, 9.17) is 24.7 Å². The molecule has 0 fully saturated rings. The van der Waals surface area contributed by atoms with Crippen molar-refractivity contribution in [3.63, 3.8) is 0 Å². The van der Waals surface area contributed by atoms with Gasteiger partial charge in [-0.25, -0.2) is 4.79 Å². The Kier molecular flexibility index (Phi) is 5.18. The molecule has 10 nitrogen and oxygen atoms in total. The molecule has 0 spiro atoms. The quantitative estimate of drug-likeness (QED) is 0.782. The van der Waals surface area contributed by atoms with Crippen LogP contribution in [0.4, 0.5) is 4.79 Å². The summed E-state index contributed by atoms with van der Waals surface area (Å²) in [6, 6.07) is 3.32. The van der Waals surface area contributed by atoms with Crippen molar-refractivity contribution in [3.8, 4) is 17.2 Å². The van der Waals surface area contributed by atoms with Crippen LogP contribution in [0, 0.1) is 0 Å². The third-order valence-corrected chi connectivity index (χ3v) is 3.04. The highest BCUT2D eigenvalue weighted by atomic mass is 16.6. The molecule has 2 N–H and O–H groups in total. The number of carbonyl (C=O) groups is 1. The van der Waals surface area contributed by atoms with Crippen LogP contribution in [-0.2, 0) is 11.3 Å². The Morgan fingerprint density at radius 3 is 2.30 bits per heavy atom. The fourth-order valence-electron chi connectivity index (χ4n) is 2.06. The fraction of sp³-hybridized carbons (Fsp3) is 0.385. The number of aromatic nitrogens is 4. The molecule has 124 valence electrons. The third kappa shape index (κ3) is 3.78. The van der Waals surface area contributed by atoms with E-state index < -0.39 is 12.2 Å². The van der Waals surface area contributed by atoms with Crippen molar-refractivity contribution in [2.75, 3.05) is 21.3 Å². The van der Waals surface area contributed by atoms with Crippen molar-refractivity contribution in [2.45, 2.75) is 12.6 Å². The van der Waals surface area contributed by atoms with Crippen LogP contribution in [0.5, 0.6) is 17.2 Å². The van der Waals surface area contributed by atoms with Crippen molar-refractivity contribution in [1.29, 1.82) is 0 Å². The van der Waals surface area contributed by atoms with Gasteiger partial charge in [-0.1, -0.05) is 0 Å². The van der Waals surface area contributed by atoms with Gasteiger partial charge >= 0.3 is 6.09 Å². The first-order valence-corrected chi connectivity index (χ1v) is 6.55. The SMILES string of the molecule is COc1cc(C(Cn2ncnn2)OC(N)=O)cc(OC)c1OC. The van der Waals surface area contributed by atoms with Crippen molar-refractivity contribution < 1.29 is 23.7 Å². The lowest BCUT2D eigenvalue weighted by Gasteiger charge is -2.19. The number of ether oxygens (including phenoxy) is 4. The maximum atomic E-state index is 11.2. The van der Waals surface area contributed by atoms with Crippen molar-refractivity contribution >= 4 is 6.09 Å². The van der Waals surface area contributed by atoms with Gasteiger partial charge < -0.3 is 24.7 Å². The second-order valence-electron chi connectivity index (χ2n) is 4.37. The predicted octanol–water partition coefficient (Wildman–Crippen LogP) is 0.535. The van der Waals surface area contributed by atoms with Gasteiger partial charge in [0.05, 0.1) is 21.3 Å². The van der Waals surface area contributed by atoms with E-state index in [1.807, 2.05) is 0 Å². The zero-order chi connectivity index (χ0) is 16.8. The second-order valence-corrected chi connectivity index (χ2v) is 4.37. The van der Waals surface area contributed by atoms with Crippen LogP contribution in [0.1, 0.15) is 11.7 Å². The van der Waals surface area contributed by atoms with E-state index in [0.29, 0.717) is 22.8 Å². The number of nitrogens with two attached hydrogens (primary N) is 1. The smallest absolute Gasteiger partial charge is 0.405 e. The number of primary amides is 1. The lowest BCUT2D eigenvalue weighted by atomic mass is 10.1. The Balaban J connectivity index is 2.42. The largest absolute Gasteiger partial charge is 0.493 e. The zero-order valence-electron chi connectivity index (χ0n) is 12.9. The van der Waals surface area contributed by atoms with Gasteiger partial charge in [0.15, 0.2) is 23.9 Å². The summed E-state index contributed by atoms with van der Waals surface area (Å²) in [4.78, 5) is 12.5. The third-order valence-electron chi connectivity index (χ3n) is 3.04. The topological polar surface area (TPSA) is 124 Å². The number of nitrogens with zero attached hydrogens (tertiary/aromatic N) is 4. The molecule has 1 atom stereocenters. The molecule has 1 unspecified atom stereocenters. The van der Waals surface area contributed by atoms with Crippen LogP contribution < -0.4 is 19.9 Å². The molecule has 1 amide bonds. The maximum absolute atomic E-state index is 11.2. The monoisotopic (exact) mass is 323 g/mol. The summed E-state index contributed by atoms with van der Waals surface area (Å²) in [7, 11) is 4.48. The fourth-order valence-corrected chi connectivity index (χ4v) is 2.06. The lowest BCUT2D eigenvalue weighted by molar-refractivity contribution is 0.0896. The Labute approximate surface area is 132 Å². The van der Waals surface area contributed by atoms with E-state index in [1.165, 1.54) is 32.5 Å². The first-order valence-electron chi connectivity index (χ1n) is 6.55. The molecule has 0 bridgehead atoms. The van der Waals surface area contributed by atoms with Gasteiger partial charge in [0.25, 0.3) is 0 Å². The molecule has 0 aliphatic heterocycles. The van der Waals surface area contributed by atoms with E-state index in [1.54, 1.807) is 12.1 Å². The number of methoxy groups -OCH3 is 3. The molecule has 0 radical (unpaired) electrons. The highest BCUT2D eigenvalue weighted by Crippen LogP contribution is 2.40. The molecular formula is C13H17N5O5. The summed E-state index contributed by atoms with van der Waals surface area (Å²) in [5.41, 5.74) is 5.72. The second kappa shape index (κ2) is 7.29. The summed E-state index contributed by atoms with van der Waals surface area (Å²) in [6.07, 6.45) is -0.407. The number of carbonyl (C=O) groups excluding carboxylic acids is 1. The molecule has 0 saturated carbocycles. The molecule has 2 rings (SSSR count). The van der Waals surface area contributed by atoms with Crippen LogP contribution in [0.3, 0.4) is 0 Å². The van der Waals surface area contributed by atoms with Gasteiger partial charge in [0, 0.05) is 5.56 Å². The highest BCUT2D eigenvalue weighted by molar-refractivity contribution is 5.65. The van der Waals surface area contributed by atoms with E-state index in [2.05, 4.69) is 15.4 Å². The molecule has 1 aromatic carbocycles. The van der Waals surface area contributed by atoms with Gasteiger partial charge in [0.1, 0.15) is 6.54 Å². The summed E-state index contributed by atoms with van der Waals surface area (Å²) < 4.78 is 21.0. The molecule has 1 heterocycles. The summed E-state index contributed by atoms with van der Waals surface area (Å²) in [5, 5.41) is 11.2. The van der Waals surface area contributed by atoms with Crippen LogP contribution in [-0.4, -0.2) is 47.6 Å². The van der Waals surface area contributed by atoms with E-state index in [9.17, 15) is 4.79 Å². The summed E-state index contributed by atoms with van der Waals surface area (Å²) >= 11 is 0. The molecule has 2 aromatic rings. The maximum Gasteiger partial charge on any atom is 0.405 e. The van der Waals surface area contributed by atoms with E-state index in [0.717, 1.165) is 0 Å². The molecule has 1 aromatic heterocycles. The average molecular weight is 323 g/mol. The van der Waals surface area contributed by atoms with Crippen LogP contribution in [0.2, 0.25) is 0 Å². The standard InChI is InChI=1S/C13H17N5O5/c1-20-9-4-8(5-10(21-2)12(9)22-3)11(23-13(14)19)6-18-16-7-15-17-18/h4-5,7,11H,6H2,1-3H3,(H2,14,19). The summed E-state index contributed by atoms with van der Waals surface area (Å²) in [5.74, 6) is 1.27. The number of hydrogen-bond acceptors (Lipinski definition) is 8. The zero-order valence-corrected chi connectivity index (χ0v) is 12.9. The van der Waals surface area contributed by atoms with Crippen molar-refractivity contribution in [1.82, 2.24) is 20.2 Å². The molecule has 10 heteroatoms. The molecular weight excluding hydrogens is 306 g/mol. The minimum absolute atomic E-state index is 0.127. The normalized spacial score (nSPS) is 11.6. The Bertz CT molecular complexity index is 636. The Morgan fingerprint density at radius 1 is 1.22 bits per heavy atom. The van der Waals surface area contributed by atoms with E-state index in [-0.39, 0.29) is 6.54 Å². The Hall–Kier alpha value is -3.04. The first-order chi connectivity index (χ1) is 11.1. The van der Waals surface area contributed by atoms with E-state index >= 15 is 0 Å². The molecule has 0 aliphatic rings. The van der Waals surface area contributed by atoms with Gasteiger partial charge in [0.2, 0.25) is 5.75 Å². The Morgan fingerprint density at radius 2 is 1.87 bits per heavy atom. The van der Waals surface area contributed by atoms with Crippen LogP contribution in [0.15, 0.2) is 18.5 Å². The van der Waals surface area contributed by atoms with Gasteiger partial charge in [-0.3, -0.25) is 0 Å². The highest BCUT2D eigenvalue weighted by Gasteiger charge is 2.22. The minimum atomic E-state index is -0.927. The van der Waals surface area contributed by atoms with Crippen LogP contribution in [0.25, 0.3) is 0 Å². The van der Waals surface area contributed by atoms with Crippen LogP contribution >= 0.6 is 0 Å². The molecule has 23 heavy (non-hydrogen) atoms. The van der Waals surface area contributed by atoms with Gasteiger partial charge in [-0.2, -0.15) is 4.80 Å². The summed E-state index contributed by atoms with van der Waals surface area (Å²) in [6.45, 7) is 0.127. The van der Waals surface area contributed by atoms with Gasteiger partial charge in [-0.15, -0.1) is 10.2 Å². The number of benzene rings is 1. The van der Waals surface area contributed by atoms with Crippen molar-refractivity contribution in [3.05, 3.63) is 24.0 Å². The number of amides is 1. The molecule has 0 saturated heterocycles. The average Bonchev–Trinajstić information content (AvgIpc) is 3.05. The van der Waals surface area contributed by atoms with Gasteiger partial charge in [-0.05, 0) is 17.3 Å². The first kappa shape index (κ1) is 16.3. The lowest BCUT2D eigenvalue weighted by Crippen LogP contribution is -2.22. The number of hydrogen-bond donors (Lipinski definition) is 1.